The van der Waals surface area contributed by atoms with E-state index < -0.39 is 0 Å². The first-order chi connectivity index (χ1) is 6.39. The Labute approximate surface area is 91.4 Å². The number of rotatable bonds is 4. The zero-order valence-electron chi connectivity index (χ0n) is 9.81. The Hall–Kier alpha value is -0.380. The van der Waals surface area contributed by atoms with E-state index in [9.17, 15) is 4.79 Å². The minimum atomic E-state index is -0.165. The standard InChI is InChI=1S/C10H22N2OS/c1-6-8(7-14-5)11-9(13)12-10(2,3)4/h8H,6-7H2,1-5H3,(H2,11,12,13). The van der Waals surface area contributed by atoms with Crippen molar-refractivity contribution in [2.24, 2.45) is 0 Å². The van der Waals surface area contributed by atoms with Gasteiger partial charge in [-0.15, -0.1) is 0 Å². The fourth-order valence-corrected chi connectivity index (χ4v) is 1.75. The van der Waals surface area contributed by atoms with Gasteiger partial charge in [0, 0.05) is 17.3 Å². The third-order valence-electron chi connectivity index (χ3n) is 1.68. The maximum Gasteiger partial charge on any atom is 0.315 e. The van der Waals surface area contributed by atoms with Crippen molar-refractivity contribution in [2.45, 2.75) is 45.7 Å². The lowest BCUT2D eigenvalue weighted by atomic mass is 10.1. The van der Waals surface area contributed by atoms with Gasteiger partial charge in [-0.1, -0.05) is 6.92 Å². The van der Waals surface area contributed by atoms with Crippen LogP contribution in [0.25, 0.3) is 0 Å². The zero-order valence-corrected chi connectivity index (χ0v) is 10.6. The van der Waals surface area contributed by atoms with Crippen molar-refractivity contribution in [3.8, 4) is 0 Å². The number of carbonyl (C=O) groups is 1. The highest BCUT2D eigenvalue weighted by Gasteiger charge is 2.15. The van der Waals surface area contributed by atoms with E-state index in [1.54, 1.807) is 11.8 Å². The molecular formula is C10H22N2OS. The monoisotopic (exact) mass is 218 g/mol. The van der Waals surface area contributed by atoms with Crippen LogP contribution in [0.1, 0.15) is 34.1 Å². The molecule has 2 N–H and O–H groups in total. The fourth-order valence-electron chi connectivity index (χ4n) is 1.02. The molecule has 4 heteroatoms. The van der Waals surface area contributed by atoms with E-state index in [1.807, 2.05) is 27.0 Å². The lowest BCUT2D eigenvalue weighted by molar-refractivity contribution is 0.229. The van der Waals surface area contributed by atoms with E-state index in [0.717, 1.165) is 12.2 Å². The van der Waals surface area contributed by atoms with Crippen molar-refractivity contribution in [3.63, 3.8) is 0 Å². The van der Waals surface area contributed by atoms with Crippen molar-refractivity contribution >= 4 is 17.8 Å². The van der Waals surface area contributed by atoms with E-state index in [4.69, 9.17) is 0 Å². The van der Waals surface area contributed by atoms with Crippen LogP contribution in [-0.2, 0) is 0 Å². The number of hydrogen-bond donors (Lipinski definition) is 2. The predicted molar refractivity (Wildman–Crippen MR) is 63.9 cm³/mol. The van der Waals surface area contributed by atoms with Gasteiger partial charge in [0.25, 0.3) is 0 Å². The molecule has 0 radical (unpaired) electrons. The summed E-state index contributed by atoms with van der Waals surface area (Å²) in [5.74, 6) is 0.966. The van der Waals surface area contributed by atoms with Gasteiger partial charge in [0.1, 0.15) is 0 Å². The highest BCUT2D eigenvalue weighted by atomic mass is 32.2. The number of thioether (sulfide) groups is 1. The van der Waals surface area contributed by atoms with Crippen molar-refractivity contribution in [3.05, 3.63) is 0 Å². The van der Waals surface area contributed by atoms with Crippen molar-refractivity contribution in [1.82, 2.24) is 10.6 Å². The summed E-state index contributed by atoms with van der Waals surface area (Å²) in [4.78, 5) is 11.5. The maximum atomic E-state index is 11.5. The molecule has 0 aromatic carbocycles. The van der Waals surface area contributed by atoms with Crippen LogP contribution in [0.5, 0.6) is 0 Å². The molecule has 3 nitrogen and oxygen atoms in total. The normalized spacial score (nSPS) is 13.5. The summed E-state index contributed by atoms with van der Waals surface area (Å²) in [5, 5.41) is 5.84. The van der Waals surface area contributed by atoms with Crippen molar-refractivity contribution in [2.75, 3.05) is 12.0 Å². The highest BCUT2D eigenvalue weighted by molar-refractivity contribution is 7.98. The fraction of sp³-hybridized carbons (Fsp3) is 0.900. The molecular weight excluding hydrogens is 196 g/mol. The Morgan fingerprint density at radius 3 is 2.36 bits per heavy atom. The molecule has 0 aliphatic carbocycles. The first-order valence-electron chi connectivity index (χ1n) is 4.96. The molecule has 0 rings (SSSR count). The number of hydrogen-bond acceptors (Lipinski definition) is 2. The average molecular weight is 218 g/mol. The van der Waals surface area contributed by atoms with E-state index >= 15 is 0 Å². The smallest absolute Gasteiger partial charge is 0.315 e. The molecule has 0 saturated carbocycles. The first-order valence-corrected chi connectivity index (χ1v) is 6.36. The summed E-state index contributed by atoms with van der Waals surface area (Å²) in [6.45, 7) is 8.00. The molecule has 0 aromatic heterocycles. The van der Waals surface area contributed by atoms with Gasteiger partial charge in [0.15, 0.2) is 0 Å². The van der Waals surface area contributed by atoms with Gasteiger partial charge in [-0.25, -0.2) is 4.79 Å². The minimum absolute atomic E-state index is 0.0709. The lowest BCUT2D eigenvalue weighted by Gasteiger charge is -2.23. The van der Waals surface area contributed by atoms with E-state index in [2.05, 4.69) is 17.6 Å². The quantitative estimate of drug-likeness (QED) is 0.759. The van der Waals surface area contributed by atoms with Crippen LogP contribution in [0.15, 0.2) is 0 Å². The molecule has 1 atom stereocenters. The molecule has 14 heavy (non-hydrogen) atoms. The Morgan fingerprint density at radius 1 is 1.43 bits per heavy atom. The first kappa shape index (κ1) is 13.6. The van der Waals surface area contributed by atoms with Crippen LogP contribution in [0, 0.1) is 0 Å². The molecule has 0 aromatic rings. The third kappa shape index (κ3) is 7.06. The van der Waals surface area contributed by atoms with Gasteiger partial charge in [-0.05, 0) is 33.4 Å². The van der Waals surface area contributed by atoms with Gasteiger partial charge in [0.05, 0.1) is 0 Å². The second-order valence-electron chi connectivity index (χ2n) is 4.41. The summed E-state index contributed by atoms with van der Waals surface area (Å²) in [5.41, 5.74) is -0.165. The Kier molecular flexibility index (Phi) is 6.00. The SMILES string of the molecule is CCC(CSC)NC(=O)NC(C)(C)C. The number of carbonyl (C=O) groups excluding carboxylic acids is 1. The second-order valence-corrected chi connectivity index (χ2v) is 5.32. The van der Waals surface area contributed by atoms with Crippen molar-refractivity contribution in [1.29, 1.82) is 0 Å². The molecule has 0 bridgehead atoms. The number of nitrogens with one attached hydrogen (secondary N) is 2. The van der Waals surface area contributed by atoms with Crippen LogP contribution in [-0.4, -0.2) is 29.6 Å². The molecule has 0 fully saturated rings. The topological polar surface area (TPSA) is 41.1 Å². The molecule has 0 saturated heterocycles. The molecule has 0 heterocycles. The van der Waals surface area contributed by atoms with Gasteiger partial charge < -0.3 is 10.6 Å². The molecule has 0 aliphatic heterocycles. The summed E-state index contributed by atoms with van der Waals surface area (Å²) in [6.07, 6.45) is 3.02. The minimum Gasteiger partial charge on any atom is -0.335 e. The van der Waals surface area contributed by atoms with Crippen LogP contribution in [0.4, 0.5) is 4.79 Å². The summed E-state index contributed by atoms with van der Waals surface area (Å²) in [7, 11) is 0. The van der Waals surface area contributed by atoms with Crippen LogP contribution < -0.4 is 10.6 Å². The van der Waals surface area contributed by atoms with E-state index in [0.29, 0.717) is 0 Å². The Balaban J connectivity index is 3.91. The Bertz CT molecular complexity index is 177. The largest absolute Gasteiger partial charge is 0.335 e. The lowest BCUT2D eigenvalue weighted by Crippen LogP contribution is -2.50. The van der Waals surface area contributed by atoms with Gasteiger partial charge in [-0.2, -0.15) is 11.8 Å². The van der Waals surface area contributed by atoms with Gasteiger partial charge in [0.2, 0.25) is 0 Å². The molecule has 0 spiro atoms. The van der Waals surface area contributed by atoms with Crippen LogP contribution in [0.3, 0.4) is 0 Å². The summed E-state index contributed by atoms with van der Waals surface area (Å²) < 4.78 is 0. The van der Waals surface area contributed by atoms with E-state index in [1.165, 1.54) is 0 Å². The van der Waals surface area contributed by atoms with Crippen LogP contribution >= 0.6 is 11.8 Å². The van der Waals surface area contributed by atoms with Gasteiger partial charge in [-0.3, -0.25) is 0 Å². The predicted octanol–water partition coefficient (Wildman–Crippen LogP) is 2.23. The highest BCUT2D eigenvalue weighted by Crippen LogP contribution is 2.02. The van der Waals surface area contributed by atoms with Crippen molar-refractivity contribution < 1.29 is 4.79 Å². The zero-order chi connectivity index (χ0) is 11.2. The van der Waals surface area contributed by atoms with E-state index in [-0.39, 0.29) is 17.6 Å². The van der Waals surface area contributed by atoms with Gasteiger partial charge >= 0.3 is 6.03 Å². The summed E-state index contributed by atoms with van der Waals surface area (Å²) in [6, 6.07) is 0.200. The molecule has 1 unspecified atom stereocenters. The number of urea groups is 1. The maximum absolute atomic E-state index is 11.5. The molecule has 84 valence electrons. The summed E-state index contributed by atoms with van der Waals surface area (Å²) >= 11 is 1.75. The second kappa shape index (κ2) is 6.17. The average Bonchev–Trinajstić information content (AvgIpc) is 2.00. The Morgan fingerprint density at radius 2 is 2.00 bits per heavy atom. The molecule has 2 amide bonds. The number of amides is 2. The third-order valence-corrected chi connectivity index (χ3v) is 2.42. The molecule has 0 aliphatic rings. The van der Waals surface area contributed by atoms with Crippen LogP contribution in [0.2, 0.25) is 0 Å².